The highest BCUT2D eigenvalue weighted by Gasteiger charge is 2.18. The quantitative estimate of drug-likeness (QED) is 0.412. The van der Waals surface area contributed by atoms with Crippen molar-refractivity contribution in [2.75, 3.05) is 6.54 Å². The van der Waals surface area contributed by atoms with E-state index in [4.69, 9.17) is 11.6 Å². The van der Waals surface area contributed by atoms with Crippen molar-refractivity contribution >= 4 is 11.8 Å². The van der Waals surface area contributed by atoms with Crippen LogP contribution in [0.3, 0.4) is 0 Å². The summed E-state index contributed by atoms with van der Waals surface area (Å²) in [6.45, 7) is 0.392. The molecule has 0 spiro atoms. The number of amides is 2. The van der Waals surface area contributed by atoms with Crippen LogP contribution < -0.4 is 11.6 Å². The van der Waals surface area contributed by atoms with Gasteiger partial charge in [-0.2, -0.15) is 0 Å². The Morgan fingerprint density at radius 3 is 2.50 bits per heavy atom. The Bertz CT molecular complexity index is 366. The molecule has 0 saturated heterocycles. The zero-order valence-electron chi connectivity index (χ0n) is 8.80. The molecular formula is C10H14N4O2. The van der Waals surface area contributed by atoms with E-state index in [0.717, 1.165) is 0 Å². The van der Waals surface area contributed by atoms with Crippen molar-refractivity contribution in [1.29, 1.82) is 0 Å². The minimum absolute atomic E-state index is 0.170. The molecule has 2 amide bonds. The van der Waals surface area contributed by atoms with Crippen molar-refractivity contribution in [2.45, 2.75) is 12.8 Å². The SMILES string of the molecule is NCCCC(=O)N(N)C(=O)c1ccncc1. The number of rotatable bonds is 4. The van der Waals surface area contributed by atoms with Gasteiger partial charge in [-0.3, -0.25) is 14.6 Å². The first-order valence-corrected chi connectivity index (χ1v) is 4.89. The molecule has 1 heterocycles. The van der Waals surface area contributed by atoms with E-state index in [9.17, 15) is 9.59 Å². The van der Waals surface area contributed by atoms with Crippen molar-refractivity contribution in [1.82, 2.24) is 9.99 Å². The molecule has 16 heavy (non-hydrogen) atoms. The van der Waals surface area contributed by atoms with Crippen molar-refractivity contribution < 1.29 is 9.59 Å². The number of hydrogen-bond acceptors (Lipinski definition) is 5. The molecule has 1 rings (SSSR count). The van der Waals surface area contributed by atoms with Gasteiger partial charge < -0.3 is 5.73 Å². The van der Waals surface area contributed by atoms with Crippen LogP contribution in [0.25, 0.3) is 0 Å². The molecule has 86 valence electrons. The maximum Gasteiger partial charge on any atom is 0.274 e. The first kappa shape index (κ1) is 12.3. The monoisotopic (exact) mass is 222 g/mol. The van der Waals surface area contributed by atoms with Gasteiger partial charge in [-0.05, 0) is 25.1 Å². The van der Waals surface area contributed by atoms with Crippen LogP contribution in [0.2, 0.25) is 0 Å². The van der Waals surface area contributed by atoms with Crippen molar-refractivity contribution in [3.63, 3.8) is 0 Å². The van der Waals surface area contributed by atoms with Crippen LogP contribution in [-0.4, -0.2) is 28.4 Å². The summed E-state index contributed by atoms with van der Waals surface area (Å²) in [5.74, 6) is 4.43. The van der Waals surface area contributed by atoms with Gasteiger partial charge in [0.05, 0.1) is 0 Å². The molecular weight excluding hydrogens is 208 g/mol. The first-order valence-electron chi connectivity index (χ1n) is 4.89. The Hall–Kier alpha value is -1.79. The molecule has 0 aromatic carbocycles. The van der Waals surface area contributed by atoms with Gasteiger partial charge in [0, 0.05) is 24.4 Å². The van der Waals surface area contributed by atoms with Gasteiger partial charge in [0.25, 0.3) is 5.91 Å². The standard InChI is InChI=1S/C10H14N4O2/c11-5-1-2-9(15)14(12)10(16)8-3-6-13-7-4-8/h3-4,6-7H,1-2,5,11-12H2. The van der Waals surface area contributed by atoms with Crippen LogP contribution in [0.4, 0.5) is 0 Å². The van der Waals surface area contributed by atoms with Gasteiger partial charge in [0.2, 0.25) is 5.91 Å². The number of hydrazine groups is 1. The van der Waals surface area contributed by atoms with E-state index in [1.165, 1.54) is 24.5 Å². The number of aromatic nitrogens is 1. The molecule has 0 aliphatic carbocycles. The van der Waals surface area contributed by atoms with E-state index in [2.05, 4.69) is 4.98 Å². The summed E-state index contributed by atoms with van der Waals surface area (Å²) in [4.78, 5) is 26.9. The zero-order valence-corrected chi connectivity index (χ0v) is 8.80. The molecule has 6 nitrogen and oxygen atoms in total. The molecule has 1 aromatic heterocycles. The highest BCUT2D eigenvalue weighted by atomic mass is 16.2. The number of imide groups is 1. The van der Waals surface area contributed by atoms with Gasteiger partial charge >= 0.3 is 0 Å². The molecule has 0 fully saturated rings. The fraction of sp³-hybridized carbons (Fsp3) is 0.300. The predicted molar refractivity (Wildman–Crippen MR) is 57.9 cm³/mol. The lowest BCUT2D eigenvalue weighted by molar-refractivity contribution is -0.128. The van der Waals surface area contributed by atoms with Crippen molar-refractivity contribution in [2.24, 2.45) is 11.6 Å². The van der Waals surface area contributed by atoms with Gasteiger partial charge in [-0.1, -0.05) is 0 Å². The van der Waals surface area contributed by atoms with Crippen LogP contribution >= 0.6 is 0 Å². The molecule has 0 aliphatic rings. The highest BCUT2D eigenvalue weighted by molar-refractivity contribution is 6.03. The Morgan fingerprint density at radius 2 is 1.94 bits per heavy atom. The number of carbonyl (C=O) groups is 2. The van der Waals surface area contributed by atoms with E-state index in [-0.39, 0.29) is 6.42 Å². The van der Waals surface area contributed by atoms with Crippen molar-refractivity contribution in [3.05, 3.63) is 30.1 Å². The number of pyridine rings is 1. The summed E-state index contributed by atoms with van der Waals surface area (Å²) in [5, 5.41) is 0.616. The number of nitrogens with zero attached hydrogens (tertiary/aromatic N) is 2. The summed E-state index contributed by atoms with van der Waals surface area (Å²) in [5.41, 5.74) is 5.59. The number of carbonyl (C=O) groups excluding carboxylic acids is 2. The average Bonchev–Trinajstić information content (AvgIpc) is 2.35. The molecule has 0 unspecified atom stereocenters. The third-order valence-electron chi connectivity index (χ3n) is 2.01. The molecule has 0 aliphatic heterocycles. The summed E-state index contributed by atoms with van der Waals surface area (Å²) in [7, 11) is 0. The van der Waals surface area contributed by atoms with Crippen LogP contribution in [-0.2, 0) is 4.79 Å². The van der Waals surface area contributed by atoms with Crippen LogP contribution in [0.1, 0.15) is 23.2 Å². The molecule has 0 bridgehead atoms. The van der Waals surface area contributed by atoms with Crippen LogP contribution in [0.5, 0.6) is 0 Å². The molecule has 0 saturated carbocycles. The predicted octanol–water partition coefficient (Wildman–Crippen LogP) is -0.337. The normalized spacial score (nSPS) is 9.88. The first-order chi connectivity index (χ1) is 7.66. The summed E-state index contributed by atoms with van der Waals surface area (Å²) >= 11 is 0. The fourth-order valence-electron chi connectivity index (χ4n) is 1.12. The molecule has 0 radical (unpaired) electrons. The lowest BCUT2D eigenvalue weighted by Gasteiger charge is -2.14. The second-order valence-electron chi connectivity index (χ2n) is 3.20. The lowest BCUT2D eigenvalue weighted by Crippen LogP contribution is -2.42. The Kier molecular flexibility index (Phi) is 4.56. The second kappa shape index (κ2) is 5.94. The number of hydrogen-bond donors (Lipinski definition) is 2. The van der Waals surface area contributed by atoms with E-state index in [0.29, 0.717) is 23.5 Å². The third-order valence-corrected chi connectivity index (χ3v) is 2.01. The van der Waals surface area contributed by atoms with Gasteiger partial charge in [-0.25, -0.2) is 10.9 Å². The Morgan fingerprint density at radius 1 is 1.31 bits per heavy atom. The maximum atomic E-state index is 11.7. The average molecular weight is 222 g/mol. The van der Waals surface area contributed by atoms with Crippen LogP contribution in [0, 0.1) is 0 Å². The highest BCUT2D eigenvalue weighted by Crippen LogP contribution is 2.02. The van der Waals surface area contributed by atoms with Crippen molar-refractivity contribution in [3.8, 4) is 0 Å². The topological polar surface area (TPSA) is 102 Å². The molecule has 1 aromatic rings. The van der Waals surface area contributed by atoms with E-state index in [1.54, 1.807) is 0 Å². The summed E-state index contributed by atoms with van der Waals surface area (Å²) in [6, 6.07) is 3.00. The summed E-state index contributed by atoms with van der Waals surface area (Å²) < 4.78 is 0. The Labute approximate surface area is 93.2 Å². The fourth-order valence-corrected chi connectivity index (χ4v) is 1.12. The summed E-state index contributed by atoms with van der Waals surface area (Å²) in [6.07, 6.45) is 3.61. The smallest absolute Gasteiger partial charge is 0.274 e. The minimum Gasteiger partial charge on any atom is -0.330 e. The molecule has 0 atom stereocenters. The molecule has 6 heteroatoms. The van der Waals surface area contributed by atoms with E-state index in [1.807, 2.05) is 0 Å². The van der Waals surface area contributed by atoms with Gasteiger partial charge in [-0.15, -0.1) is 0 Å². The van der Waals surface area contributed by atoms with E-state index >= 15 is 0 Å². The maximum absolute atomic E-state index is 11.7. The van der Waals surface area contributed by atoms with Crippen LogP contribution in [0.15, 0.2) is 24.5 Å². The second-order valence-corrected chi connectivity index (χ2v) is 3.20. The van der Waals surface area contributed by atoms with Gasteiger partial charge in [0.15, 0.2) is 0 Å². The largest absolute Gasteiger partial charge is 0.330 e. The zero-order chi connectivity index (χ0) is 12.0. The lowest BCUT2D eigenvalue weighted by atomic mass is 10.2. The van der Waals surface area contributed by atoms with Gasteiger partial charge in [0.1, 0.15) is 0 Å². The minimum atomic E-state index is -0.538. The Balaban J connectivity index is 2.64. The number of nitrogens with two attached hydrogens (primary N) is 2. The third kappa shape index (κ3) is 3.11. The van der Waals surface area contributed by atoms with E-state index < -0.39 is 11.8 Å². The molecule has 4 N–H and O–H groups in total.